The van der Waals surface area contributed by atoms with Gasteiger partial charge in [-0.25, -0.2) is 0 Å². The third-order valence-electron chi connectivity index (χ3n) is 8.25. The molecule has 3 aliphatic rings. The van der Waals surface area contributed by atoms with Gasteiger partial charge in [0.05, 0.1) is 0 Å². The fraction of sp³-hybridized carbons (Fsp3) is 0.118. The van der Waals surface area contributed by atoms with E-state index in [1.54, 1.807) is 0 Å². The highest BCUT2D eigenvalue weighted by Crippen LogP contribution is 2.47. The summed E-state index contributed by atoms with van der Waals surface area (Å²) in [6.07, 6.45) is 2.02. The molecule has 1 heterocycles. The molecule has 1 N–H and O–H groups in total. The Bertz CT molecular complexity index is 1550. The van der Waals surface area contributed by atoms with Crippen molar-refractivity contribution in [1.82, 2.24) is 5.32 Å². The molecule has 166 valence electrons. The summed E-state index contributed by atoms with van der Waals surface area (Å²) in [6, 6.07) is 36.5. The van der Waals surface area contributed by atoms with E-state index < -0.39 is 0 Å². The summed E-state index contributed by atoms with van der Waals surface area (Å²) >= 11 is 0. The molecule has 0 bridgehead atoms. The maximum atomic E-state index is 3.58. The smallest absolute Gasteiger partial charge is 0.0212 e. The minimum Gasteiger partial charge on any atom is -0.309 e. The van der Waals surface area contributed by atoms with Crippen molar-refractivity contribution in [2.45, 2.75) is 25.9 Å². The maximum absolute atomic E-state index is 3.58. The standard InChI is InChI=1S/C34H25N/c1-3-9-25-21(7-1)15-31-27(25)11-5-13-29(31)33-17-23-19-35-20-24(23)18-34(33)30-14-6-12-28-26-10-4-2-8-22(26)16-32(28)30/h1-14,17-18,35H,15-16,19-20H2. The summed E-state index contributed by atoms with van der Waals surface area (Å²) in [5.41, 5.74) is 19.8. The Kier molecular flexibility index (Phi) is 4.03. The summed E-state index contributed by atoms with van der Waals surface area (Å²) in [6.45, 7) is 1.91. The van der Waals surface area contributed by atoms with Crippen LogP contribution in [0.3, 0.4) is 0 Å². The lowest BCUT2D eigenvalue weighted by Crippen LogP contribution is -1.99. The Hall–Kier alpha value is -3.94. The van der Waals surface area contributed by atoms with Gasteiger partial charge in [0, 0.05) is 13.1 Å². The zero-order chi connectivity index (χ0) is 22.9. The molecular formula is C34H25N. The van der Waals surface area contributed by atoms with Crippen LogP contribution >= 0.6 is 0 Å². The summed E-state index contributed by atoms with van der Waals surface area (Å²) in [5, 5.41) is 3.58. The fourth-order valence-electron chi connectivity index (χ4n) is 6.62. The molecule has 5 aromatic rings. The van der Waals surface area contributed by atoms with Crippen LogP contribution in [-0.4, -0.2) is 0 Å². The number of benzene rings is 5. The van der Waals surface area contributed by atoms with Gasteiger partial charge in [0.15, 0.2) is 0 Å². The molecule has 0 fully saturated rings. The molecular weight excluding hydrogens is 422 g/mol. The van der Waals surface area contributed by atoms with E-state index in [2.05, 4.69) is 102 Å². The second-order valence-corrected chi connectivity index (χ2v) is 10.1. The Morgan fingerprint density at radius 3 is 1.26 bits per heavy atom. The fourth-order valence-corrected chi connectivity index (χ4v) is 6.62. The van der Waals surface area contributed by atoms with Crippen molar-refractivity contribution in [3.8, 4) is 44.5 Å². The Labute approximate surface area is 206 Å². The van der Waals surface area contributed by atoms with E-state index >= 15 is 0 Å². The summed E-state index contributed by atoms with van der Waals surface area (Å²) in [4.78, 5) is 0. The van der Waals surface area contributed by atoms with E-state index in [-0.39, 0.29) is 0 Å². The molecule has 1 nitrogen and oxygen atoms in total. The van der Waals surface area contributed by atoms with Crippen molar-refractivity contribution < 1.29 is 0 Å². The number of hydrogen-bond acceptors (Lipinski definition) is 1. The first-order chi connectivity index (χ1) is 17.3. The molecule has 0 saturated carbocycles. The van der Waals surface area contributed by atoms with Gasteiger partial charge in [-0.1, -0.05) is 84.9 Å². The Morgan fingerprint density at radius 2 is 0.771 bits per heavy atom. The van der Waals surface area contributed by atoms with Gasteiger partial charge in [-0.2, -0.15) is 0 Å². The minimum atomic E-state index is 0.955. The van der Waals surface area contributed by atoms with Crippen molar-refractivity contribution in [1.29, 1.82) is 0 Å². The topological polar surface area (TPSA) is 12.0 Å². The van der Waals surface area contributed by atoms with Crippen molar-refractivity contribution in [2.24, 2.45) is 0 Å². The second-order valence-electron chi connectivity index (χ2n) is 10.1. The Morgan fingerprint density at radius 1 is 0.371 bits per heavy atom. The first-order valence-electron chi connectivity index (χ1n) is 12.6. The number of rotatable bonds is 2. The van der Waals surface area contributed by atoms with Crippen LogP contribution < -0.4 is 5.32 Å². The van der Waals surface area contributed by atoms with E-state index in [1.165, 1.54) is 77.9 Å². The van der Waals surface area contributed by atoms with E-state index in [1.807, 2.05) is 0 Å². The Balaban J connectivity index is 1.38. The molecule has 5 aromatic carbocycles. The normalized spacial score (nSPS) is 14.3. The molecule has 0 atom stereocenters. The highest BCUT2D eigenvalue weighted by atomic mass is 14.9. The van der Waals surface area contributed by atoms with Crippen LogP contribution in [0.1, 0.15) is 33.4 Å². The third kappa shape index (κ3) is 2.79. The molecule has 0 saturated heterocycles. The van der Waals surface area contributed by atoms with Crippen LogP contribution in [0.5, 0.6) is 0 Å². The van der Waals surface area contributed by atoms with Crippen molar-refractivity contribution in [2.75, 3.05) is 0 Å². The zero-order valence-electron chi connectivity index (χ0n) is 19.6. The number of hydrogen-bond donors (Lipinski definition) is 1. The summed E-state index contributed by atoms with van der Waals surface area (Å²) < 4.78 is 0. The predicted octanol–water partition coefficient (Wildman–Crippen LogP) is 7.77. The van der Waals surface area contributed by atoms with E-state index in [0.717, 1.165) is 25.9 Å². The van der Waals surface area contributed by atoms with E-state index in [4.69, 9.17) is 0 Å². The van der Waals surface area contributed by atoms with Gasteiger partial charge >= 0.3 is 0 Å². The van der Waals surface area contributed by atoms with Gasteiger partial charge in [0.1, 0.15) is 0 Å². The lowest BCUT2D eigenvalue weighted by atomic mass is 9.85. The molecule has 8 rings (SSSR count). The lowest BCUT2D eigenvalue weighted by Gasteiger charge is -2.18. The highest BCUT2D eigenvalue weighted by molar-refractivity contribution is 5.94. The first-order valence-corrected chi connectivity index (χ1v) is 12.6. The molecule has 0 spiro atoms. The largest absolute Gasteiger partial charge is 0.309 e. The molecule has 1 heteroatoms. The summed E-state index contributed by atoms with van der Waals surface area (Å²) in [7, 11) is 0. The van der Waals surface area contributed by atoms with Crippen LogP contribution in [0.25, 0.3) is 44.5 Å². The van der Waals surface area contributed by atoms with Gasteiger partial charge in [-0.3, -0.25) is 0 Å². The average molecular weight is 448 g/mol. The second kappa shape index (κ2) is 7.28. The lowest BCUT2D eigenvalue weighted by molar-refractivity contribution is 0.765. The monoisotopic (exact) mass is 447 g/mol. The summed E-state index contributed by atoms with van der Waals surface area (Å²) in [5.74, 6) is 0. The van der Waals surface area contributed by atoms with Gasteiger partial charge in [0.25, 0.3) is 0 Å². The zero-order valence-corrected chi connectivity index (χ0v) is 19.6. The van der Waals surface area contributed by atoms with Crippen LogP contribution in [0.2, 0.25) is 0 Å². The van der Waals surface area contributed by atoms with Gasteiger partial charge in [0.2, 0.25) is 0 Å². The first kappa shape index (κ1) is 19.4. The van der Waals surface area contributed by atoms with Crippen LogP contribution in [0.15, 0.2) is 97.1 Å². The number of nitrogens with one attached hydrogen (secondary N) is 1. The van der Waals surface area contributed by atoms with Crippen LogP contribution in [-0.2, 0) is 25.9 Å². The molecule has 2 aliphatic carbocycles. The average Bonchev–Trinajstić information content (AvgIpc) is 3.62. The van der Waals surface area contributed by atoms with Gasteiger partial charge < -0.3 is 5.32 Å². The molecule has 0 aromatic heterocycles. The number of fused-ring (bicyclic) bond motifs is 7. The predicted molar refractivity (Wildman–Crippen MR) is 144 cm³/mol. The third-order valence-corrected chi connectivity index (χ3v) is 8.25. The minimum absolute atomic E-state index is 0.955. The van der Waals surface area contributed by atoms with Gasteiger partial charge in [-0.05, 0) is 103 Å². The molecule has 1 aliphatic heterocycles. The molecule has 0 amide bonds. The quantitative estimate of drug-likeness (QED) is 0.285. The maximum Gasteiger partial charge on any atom is 0.0212 e. The molecule has 0 unspecified atom stereocenters. The van der Waals surface area contributed by atoms with Crippen LogP contribution in [0, 0.1) is 0 Å². The van der Waals surface area contributed by atoms with Crippen molar-refractivity contribution in [3.63, 3.8) is 0 Å². The van der Waals surface area contributed by atoms with E-state index in [0.29, 0.717) is 0 Å². The molecule has 35 heavy (non-hydrogen) atoms. The van der Waals surface area contributed by atoms with Crippen LogP contribution in [0.4, 0.5) is 0 Å². The highest BCUT2D eigenvalue weighted by Gasteiger charge is 2.27. The van der Waals surface area contributed by atoms with Gasteiger partial charge in [-0.15, -0.1) is 0 Å². The van der Waals surface area contributed by atoms with Crippen molar-refractivity contribution >= 4 is 0 Å². The van der Waals surface area contributed by atoms with E-state index in [9.17, 15) is 0 Å². The SMILES string of the molecule is c1ccc2c(c1)Cc1c-2cccc1-c1cc2c(cc1-c1cccc3c1Cc1ccccc1-3)CNC2. The molecule has 0 radical (unpaired) electrons. The van der Waals surface area contributed by atoms with Crippen molar-refractivity contribution in [3.05, 3.63) is 130 Å².